The molecule has 2 heterocycles. The summed E-state index contributed by atoms with van der Waals surface area (Å²) >= 11 is 5.93. The van der Waals surface area contributed by atoms with E-state index >= 15 is 0 Å². The van der Waals surface area contributed by atoms with Crippen LogP contribution in [0.3, 0.4) is 0 Å². The van der Waals surface area contributed by atoms with Crippen LogP contribution in [0.2, 0.25) is 5.02 Å². The van der Waals surface area contributed by atoms with Crippen LogP contribution < -0.4 is 5.32 Å². The predicted octanol–water partition coefficient (Wildman–Crippen LogP) is 5.48. The highest BCUT2D eigenvalue weighted by molar-refractivity contribution is 6.30. The Labute approximate surface area is 194 Å². The first-order chi connectivity index (χ1) is 15.6. The first-order valence-electron chi connectivity index (χ1n) is 11.3. The standard InChI is InChI=1S/C26H30ClN3O2/c1-19-12-14-30(15-13-19)18-22-5-3-2-4-21(22)16-28-25(31)10-11-26-29-17-24(32-26)20-6-8-23(27)9-7-20/h2-9,17,19H,10-16,18H2,1H3,(H,28,31). The molecule has 4 rings (SSSR count). The van der Waals surface area contributed by atoms with E-state index in [9.17, 15) is 4.79 Å². The second-order valence-corrected chi connectivity index (χ2v) is 9.07. The summed E-state index contributed by atoms with van der Waals surface area (Å²) in [5, 5.41) is 3.74. The lowest BCUT2D eigenvalue weighted by Crippen LogP contribution is -2.33. The van der Waals surface area contributed by atoms with Crippen molar-refractivity contribution in [3.63, 3.8) is 0 Å². The summed E-state index contributed by atoms with van der Waals surface area (Å²) in [4.78, 5) is 19.3. The number of rotatable bonds is 8. The number of aryl methyl sites for hydroxylation is 1. The van der Waals surface area contributed by atoms with E-state index in [0.717, 1.165) is 31.1 Å². The van der Waals surface area contributed by atoms with Crippen molar-refractivity contribution in [1.29, 1.82) is 0 Å². The van der Waals surface area contributed by atoms with Crippen molar-refractivity contribution >= 4 is 17.5 Å². The molecular weight excluding hydrogens is 422 g/mol. The molecule has 1 amide bonds. The normalized spacial score (nSPS) is 15.1. The lowest BCUT2D eigenvalue weighted by atomic mass is 9.98. The average Bonchev–Trinajstić information content (AvgIpc) is 3.28. The molecule has 3 aromatic rings. The third-order valence-electron chi connectivity index (χ3n) is 6.11. The topological polar surface area (TPSA) is 58.4 Å². The van der Waals surface area contributed by atoms with Crippen LogP contribution in [0.1, 0.15) is 43.2 Å². The van der Waals surface area contributed by atoms with Gasteiger partial charge < -0.3 is 9.73 Å². The van der Waals surface area contributed by atoms with E-state index in [4.69, 9.17) is 16.0 Å². The number of carbonyl (C=O) groups excluding carboxylic acids is 1. The maximum Gasteiger partial charge on any atom is 0.220 e. The van der Waals surface area contributed by atoms with Crippen LogP contribution in [0.5, 0.6) is 0 Å². The van der Waals surface area contributed by atoms with Gasteiger partial charge in [0.15, 0.2) is 11.7 Å². The van der Waals surface area contributed by atoms with E-state index in [1.54, 1.807) is 6.20 Å². The molecule has 1 fully saturated rings. The van der Waals surface area contributed by atoms with Gasteiger partial charge in [-0.25, -0.2) is 4.98 Å². The van der Waals surface area contributed by atoms with E-state index < -0.39 is 0 Å². The molecule has 0 radical (unpaired) electrons. The van der Waals surface area contributed by atoms with Crippen molar-refractivity contribution in [2.24, 2.45) is 5.92 Å². The van der Waals surface area contributed by atoms with Crippen molar-refractivity contribution in [3.05, 3.63) is 76.8 Å². The van der Waals surface area contributed by atoms with Gasteiger partial charge in [-0.15, -0.1) is 0 Å². The molecule has 0 spiro atoms. The highest BCUT2D eigenvalue weighted by Gasteiger charge is 2.17. The molecule has 5 nitrogen and oxygen atoms in total. The van der Waals surface area contributed by atoms with Gasteiger partial charge in [-0.3, -0.25) is 9.69 Å². The fraction of sp³-hybridized carbons (Fsp3) is 0.385. The number of halogens is 1. The molecule has 32 heavy (non-hydrogen) atoms. The lowest BCUT2D eigenvalue weighted by Gasteiger charge is -2.30. The molecule has 0 atom stereocenters. The number of hydrogen-bond donors (Lipinski definition) is 1. The zero-order valence-corrected chi connectivity index (χ0v) is 19.3. The fourth-order valence-corrected chi connectivity index (χ4v) is 4.15. The van der Waals surface area contributed by atoms with Crippen LogP contribution in [-0.4, -0.2) is 28.9 Å². The number of piperidine rings is 1. The SMILES string of the molecule is CC1CCN(Cc2ccccc2CNC(=O)CCc2ncc(-c3ccc(Cl)cc3)o2)CC1. The van der Waals surface area contributed by atoms with Gasteiger partial charge in [-0.2, -0.15) is 0 Å². The lowest BCUT2D eigenvalue weighted by molar-refractivity contribution is -0.121. The largest absolute Gasteiger partial charge is 0.441 e. The molecule has 168 valence electrons. The molecule has 1 aliphatic rings. The molecule has 1 saturated heterocycles. The predicted molar refractivity (Wildman–Crippen MR) is 127 cm³/mol. The minimum Gasteiger partial charge on any atom is -0.441 e. The molecule has 1 N–H and O–H groups in total. The minimum absolute atomic E-state index is 0.00200. The van der Waals surface area contributed by atoms with Gasteiger partial charge in [0.05, 0.1) is 6.20 Å². The number of hydrogen-bond acceptors (Lipinski definition) is 4. The van der Waals surface area contributed by atoms with E-state index in [2.05, 4.69) is 40.3 Å². The Bertz CT molecular complexity index is 1020. The minimum atomic E-state index is -0.00200. The van der Waals surface area contributed by atoms with Crippen molar-refractivity contribution < 1.29 is 9.21 Å². The Morgan fingerprint density at radius 1 is 1.12 bits per heavy atom. The van der Waals surface area contributed by atoms with Crippen molar-refractivity contribution in [2.45, 2.75) is 45.7 Å². The molecule has 6 heteroatoms. The first-order valence-corrected chi connectivity index (χ1v) is 11.7. The first kappa shape index (κ1) is 22.6. The summed E-state index contributed by atoms with van der Waals surface area (Å²) in [6, 6.07) is 15.8. The summed E-state index contributed by atoms with van der Waals surface area (Å²) in [6.45, 7) is 6.12. The Kier molecular flexibility index (Phi) is 7.61. The Morgan fingerprint density at radius 3 is 2.59 bits per heavy atom. The number of nitrogens with zero attached hydrogens (tertiary/aromatic N) is 2. The van der Waals surface area contributed by atoms with Crippen molar-refractivity contribution in [3.8, 4) is 11.3 Å². The molecule has 0 saturated carbocycles. The third-order valence-corrected chi connectivity index (χ3v) is 6.36. The van der Waals surface area contributed by atoms with Crippen LogP contribution in [-0.2, 0) is 24.3 Å². The van der Waals surface area contributed by atoms with Gasteiger partial charge in [0.1, 0.15) is 0 Å². The highest BCUT2D eigenvalue weighted by Crippen LogP contribution is 2.23. The van der Waals surface area contributed by atoms with Crippen LogP contribution in [0.15, 0.2) is 59.1 Å². The third kappa shape index (κ3) is 6.21. The second kappa shape index (κ2) is 10.8. The fourth-order valence-electron chi connectivity index (χ4n) is 4.02. The zero-order valence-electron chi connectivity index (χ0n) is 18.5. The quantitative estimate of drug-likeness (QED) is 0.493. The number of carbonyl (C=O) groups is 1. The van der Waals surface area contributed by atoms with Gasteiger partial charge >= 0.3 is 0 Å². The van der Waals surface area contributed by atoms with E-state index in [1.807, 2.05) is 30.3 Å². The Hall–Kier alpha value is -2.63. The van der Waals surface area contributed by atoms with E-state index in [0.29, 0.717) is 36.1 Å². The van der Waals surface area contributed by atoms with Crippen LogP contribution in [0.4, 0.5) is 0 Å². The van der Waals surface area contributed by atoms with E-state index in [1.165, 1.54) is 24.0 Å². The highest BCUT2D eigenvalue weighted by atomic mass is 35.5. The van der Waals surface area contributed by atoms with Crippen LogP contribution in [0.25, 0.3) is 11.3 Å². The van der Waals surface area contributed by atoms with Crippen LogP contribution in [0, 0.1) is 5.92 Å². The molecule has 1 aliphatic heterocycles. The monoisotopic (exact) mass is 451 g/mol. The summed E-state index contributed by atoms with van der Waals surface area (Å²) in [5.41, 5.74) is 3.39. The van der Waals surface area contributed by atoms with Gasteiger partial charge in [0.25, 0.3) is 0 Å². The number of amides is 1. The molecular formula is C26H30ClN3O2. The summed E-state index contributed by atoms with van der Waals surface area (Å²) < 4.78 is 5.79. The average molecular weight is 452 g/mol. The summed E-state index contributed by atoms with van der Waals surface area (Å²) in [5.74, 6) is 2.06. The number of aromatic nitrogens is 1. The van der Waals surface area contributed by atoms with Crippen LogP contribution >= 0.6 is 11.6 Å². The molecule has 2 aromatic carbocycles. The maximum absolute atomic E-state index is 12.4. The van der Waals surface area contributed by atoms with E-state index in [-0.39, 0.29) is 5.91 Å². The summed E-state index contributed by atoms with van der Waals surface area (Å²) in [7, 11) is 0. The van der Waals surface area contributed by atoms with Gasteiger partial charge in [0, 0.05) is 36.5 Å². The van der Waals surface area contributed by atoms with Gasteiger partial charge in [0.2, 0.25) is 5.91 Å². The smallest absolute Gasteiger partial charge is 0.220 e. The number of benzene rings is 2. The number of oxazole rings is 1. The maximum atomic E-state index is 12.4. The Morgan fingerprint density at radius 2 is 1.84 bits per heavy atom. The number of nitrogens with one attached hydrogen (secondary N) is 1. The van der Waals surface area contributed by atoms with Crippen molar-refractivity contribution in [2.75, 3.05) is 13.1 Å². The zero-order chi connectivity index (χ0) is 22.3. The van der Waals surface area contributed by atoms with Gasteiger partial charge in [-0.05, 0) is 67.2 Å². The summed E-state index contributed by atoms with van der Waals surface area (Å²) in [6.07, 6.45) is 5.02. The van der Waals surface area contributed by atoms with Crippen molar-refractivity contribution in [1.82, 2.24) is 15.2 Å². The molecule has 0 unspecified atom stereocenters. The Balaban J connectivity index is 1.26. The molecule has 0 bridgehead atoms. The van der Waals surface area contributed by atoms with Gasteiger partial charge in [-0.1, -0.05) is 42.8 Å². The number of likely N-dealkylation sites (tertiary alicyclic amines) is 1. The molecule has 1 aromatic heterocycles. The molecule has 0 aliphatic carbocycles. The second-order valence-electron chi connectivity index (χ2n) is 8.63.